The fourth-order valence-corrected chi connectivity index (χ4v) is 3.67. The van der Waals surface area contributed by atoms with E-state index < -0.39 is 0 Å². The quantitative estimate of drug-likeness (QED) is 0.824. The van der Waals surface area contributed by atoms with Gasteiger partial charge in [-0.05, 0) is 37.5 Å². The zero-order valence-corrected chi connectivity index (χ0v) is 13.0. The zero-order valence-electron chi connectivity index (χ0n) is 12.2. The van der Waals surface area contributed by atoms with E-state index in [2.05, 4.69) is 24.4 Å². The number of morpholine rings is 1. The van der Waals surface area contributed by atoms with Crippen molar-refractivity contribution >= 4 is 11.6 Å². The first-order chi connectivity index (χ1) is 9.69. The molecular weight excluding hydrogens is 270 g/mol. The summed E-state index contributed by atoms with van der Waals surface area (Å²) in [4.78, 5) is 0. The minimum atomic E-state index is 0.0489. The molecule has 2 nitrogen and oxygen atoms in total. The van der Waals surface area contributed by atoms with Crippen molar-refractivity contribution < 1.29 is 4.74 Å². The molecule has 2 fully saturated rings. The number of halogens is 1. The summed E-state index contributed by atoms with van der Waals surface area (Å²) in [5, 5.41) is 4.46. The van der Waals surface area contributed by atoms with Crippen LogP contribution >= 0.6 is 11.6 Å². The molecule has 2 atom stereocenters. The van der Waals surface area contributed by atoms with E-state index in [1.165, 1.54) is 44.1 Å². The molecule has 0 bridgehead atoms. The highest BCUT2D eigenvalue weighted by Gasteiger charge is 2.40. The fraction of sp³-hybridized carbons (Fsp3) is 0.647. The maximum atomic E-state index is 6.63. The summed E-state index contributed by atoms with van der Waals surface area (Å²) in [7, 11) is 0. The molecule has 3 heteroatoms. The van der Waals surface area contributed by atoms with Gasteiger partial charge in [-0.1, -0.05) is 49.4 Å². The number of ether oxygens (including phenoxy) is 1. The molecule has 1 saturated heterocycles. The molecule has 110 valence electrons. The predicted molar refractivity (Wildman–Crippen MR) is 83.2 cm³/mol. The van der Waals surface area contributed by atoms with Gasteiger partial charge in [-0.25, -0.2) is 0 Å². The molecule has 1 aliphatic heterocycles. The predicted octanol–water partition coefficient (Wildman–Crippen LogP) is 4.48. The van der Waals surface area contributed by atoms with Crippen LogP contribution in [0.25, 0.3) is 0 Å². The van der Waals surface area contributed by atoms with Crippen molar-refractivity contribution in [1.29, 1.82) is 0 Å². The van der Waals surface area contributed by atoms with Crippen LogP contribution < -0.4 is 5.32 Å². The summed E-state index contributed by atoms with van der Waals surface area (Å²) in [5.74, 6) is 0. The largest absolute Gasteiger partial charge is 0.364 e. The molecule has 1 aliphatic carbocycles. The first-order valence-corrected chi connectivity index (χ1v) is 8.23. The summed E-state index contributed by atoms with van der Waals surface area (Å²) >= 11 is 5.99. The Morgan fingerprint density at radius 2 is 1.75 bits per heavy atom. The molecule has 1 aromatic carbocycles. The normalized spacial score (nSPS) is 30.1. The van der Waals surface area contributed by atoms with E-state index in [1.807, 2.05) is 12.1 Å². The first kappa shape index (κ1) is 14.4. The third kappa shape index (κ3) is 3.03. The van der Waals surface area contributed by atoms with Crippen LogP contribution in [0.4, 0.5) is 0 Å². The van der Waals surface area contributed by atoms with Crippen molar-refractivity contribution in [2.75, 3.05) is 6.54 Å². The van der Waals surface area contributed by atoms with Gasteiger partial charge in [0.15, 0.2) is 0 Å². The van der Waals surface area contributed by atoms with Crippen molar-refractivity contribution in [3.8, 4) is 0 Å². The van der Waals surface area contributed by atoms with Crippen LogP contribution in [0.15, 0.2) is 24.3 Å². The topological polar surface area (TPSA) is 21.3 Å². The van der Waals surface area contributed by atoms with Gasteiger partial charge in [-0.3, -0.25) is 0 Å². The van der Waals surface area contributed by atoms with Gasteiger partial charge >= 0.3 is 0 Å². The van der Waals surface area contributed by atoms with Crippen LogP contribution in [0.5, 0.6) is 0 Å². The lowest BCUT2D eigenvalue weighted by Crippen LogP contribution is -2.54. The fourth-order valence-electron chi connectivity index (χ4n) is 3.54. The summed E-state index contributed by atoms with van der Waals surface area (Å²) in [6.45, 7) is 3.21. The molecule has 1 aromatic rings. The molecule has 1 N–H and O–H groups in total. The number of nitrogens with one attached hydrogen (secondary N) is 1. The van der Waals surface area contributed by atoms with Crippen LogP contribution in [-0.4, -0.2) is 18.2 Å². The maximum absolute atomic E-state index is 6.63. The second-order valence-electron chi connectivity index (χ2n) is 6.36. The van der Waals surface area contributed by atoms with E-state index >= 15 is 0 Å². The highest BCUT2D eigenvalue weighted by Crippen LogP contribution is 2.39. The van der Waals surface area contributed by atoms with E-state index in [9.17, 15) is 0 Å². The standard InChI is InChI=1S/C17H24ClNO/c1-13-16(14-6-8-15(18)9-7-14)20-17(12-19-13)10-4-2-3-5-11-17/h6-9,13,16,19H,2-5,10-12H2,1H3. The Kier molecular flexibility index (Phi) is 4.34. The van der Waals surface area contributed by atoms with Crippen molar-refractivity contribution in [3.05, 3.63) is 34.9 Å². The molecule has 1 saturated carbocycles. The minimum absolute atomic E-state index is 0.0489. The maximum Gasteiger partial charge on any atom is 0.0983 e. The molecule has 1 spiro atoms. The van der Waals surface area contributed by atoms with Gasteiger partial charge < -0.3 is 10.1 Å². The van der Waals surface area contributed by atoms with Crippen LogP contribution in [0.3, 0.4) is 0 Å². The number of hydrogen-bond donors (Lipinski definition) is 1. The summed E-state index contributed by atoms with van der Waals surface area (Å²) in [5.41, 5.74) is 1.28. The SMILES string of the molecule is CC1NCC2(CCCCCC2)OC1c1ccc(Cl)cc1. The van der Waals surface area contributed by atoms with E-state index in [-0.39, 0.29) is 11.7 Å². The number of benzene rings is 1. The third-order valence-corrected chi connectivity index (χ3v) is 5.04. The Morgan fingerprint density at radius 1 is 1.10 bits per heavy atom. The van der Waals surface area contributed by atoms with Gasteiger partial charge in [0.1, 0.15) is 0 Å². The lowest BCUT2D eigenvalue weighted by atomic mass is 9.89. The highest BCUT2D eigenvalue weighted by atomic mass is 35.5. The van der Waals surface area contributed by atoms with Crippen LogP contribution in [0.2, 0.25) is 5.02 Å². The van der Waals surface area contributed by atoms with Crippen molar-refractivity contribution in [2.45, 2.75) is 63.2 Å². The monoisotopic (exact) mass is 293 g/mol. The average Bonchev–Trinajstić information content (AvgIpc) is 2.69. The van der Waals surface area contributed by atoms with Gasteiger partial charge in [0, 0.05) is 17.6 Å². The van der Waals surface area contributed by atoms with Gasteiger partial charge in [0.25, 0.3) is 0 Å². The van der Waals surface area contributed by atoms with E-state index in [0.29, 0.717) is 6.04 Å². The highest BCUT2D eigenvalue weighted by molar-refractivity contribution is 6.30. The first-order valence-electron chi connectivity index (χ1n) is 7.85. The van der Waals surface area contributed by atoms with Crippen LogP contribution in [0.1, 0.15) is 57.1 Å². The molecule has 1 heterocycles. The number of rotatable bonds is 1. The smallest absolute Gasteiger partial charge is 0.0983 e. The molecular formula is C17H24ClNO. The van der Waals surface area contributed by atoms with E-state index in [0.717, 1.165) is 11.6 Å². The summed E-state index contributed by atoms with van der Waals surface area (Å²) < 4.78 is 6.63. The summed E-state index contributed by atoms with van der Waals surface area (Å²) in [6, 6.07) is 8.47. The Balaban J connectivity index is 1.80. The molecule has 0 amide bonds. The second-order valence-corrected chi connectivity index (χ2v) is 6.79. The minimum Gasteiger partial charge on any atom is -0.364 e. The van der Waals surface area contributed by atoms with Crippen LogP contribution in [0, 0.1) is 0 Å². The molecule has 0 radical (unpaired) electrons. The Hall–Kier alpha value is -0.570. The van der Waals surface area contributed by atoms with Crippen molar-refractivity contribution in [3.63, 3.8) is 0 Å². The Bertz CT molecular complexity index is 437. The molecule has 2 unspecified atom stereocenters. The second kappa shape index (κ2) is 6.05. The van der Waals surface area contributed by atoms with Gasteiger partial charge in [-0.15, -0.1) is 0 Å². The Labute approximate surface area is 126 Å². The third-order valence-electron chi connectivity index (χ3n) is 4.79. The van der Waals surface area contributed by atoms with Crippen LogP contribution in [-0.2, 0) is 4.74 Å². The number of hydrogen-bond acceptors (Lipinski definition) is 2. The zero-order chi connectivity index (χ0) is 14.0. The van der Waals surface area contributed by atoms with E-state index in [1.54, 1.807) is 0 Å². The summed E-state index contributed by atoms with van der Waals surface area (Å²) in [6.07, 6.45) is 7.82. The molecule has 0 aromatic heterocycles. The lowest BCUT2D eigenvalue weighted by Gasteiger charge is -2.45. The van der Waals surface area contributed by atoms with E-state index in [4.69, 9.17) is 16.3 Å². The van der Waals surface area contributed by atoms with Gasteiger partial charge in [0.2, 0.25) is 0 Å². The molecule has 20 heavy (non-hydrogen) atoms. The molecule has 3 rings (SSSR count). The Morgan fingerprint density at radius 3 is 2.40 bits per heavy atom. The lowest BCUT2D eigenvalue weighted by molar-refractivity contribution is -0.142. The molecule has 2 aliphatic rings. The average molecular weight is 294 g/mol. The van der Waals surface area contributed by atoms with Crippen molar-refractivity contribution in [1.82, 2.24) is 5.32 Å². The van der Waals surface area contributed by atoms with Gasteiger partial charge in [-0.2, -0.15) is 0 Å². The van der Waals surface area contributed by atoms with Crippen molar-refractivity contribution in [2.24, 2.45) is 0 Å². The van der Waals surface area contributed by atoms with Gasteiger partial charge in [0.05, 0.1) is 11.7 Å².